The van der Waals surface area contributed by atoms with Crippen molar-refractivity contribution in [2.24, 2.45) is 11.7 Å². The molecule has 1 aromatic heterocycles. The Bertz CT molecular complexity index is 540. The Labute approximate surface area is 100 Å². The quantitative estimate of drug-likeness (QED) is 0.866. The number of nitrogens with two attached hydrogens (primary N) is 1. The summed E-state index contributed by atoms with van der Waals surface area (Å²) < 4.78 is 15.5. The van der Waals surface area contributed by atoms with Crippen molar-refractivity contribution in [3.63, 3.8) is 0 Å². The molecule has 0 unspecified atom stereocenters. The molecule has 1 fully saturated rings. The minimum Gasteiger partial charge on any atom is -0.343 e. The van der Waals surface area contributed by atoms with Crippen molar-refractivity contribution in [1.82, 2.24) is 4.57 Å². The number of rotatable bonds is 3. The zero-order valence-corrected chi connectivity index (χ0v) is 9.82. The fraction of sp³-hybridized carbons (Fsp3) is 0.429. The lowest BCUT2D eigenvalue weighted by atomic mass is 9.85. The molecule has 2 N–H and O–H groups in total. The van der Waals surface area contributed by atoms with Crippen LogP contribution < -0.4 is 5.73 Å². The number of halogens is 1. The summed E-state index contributed by atoms with van der Waals surface area (Å²) in [6, 6.07) is 7.04. The van der Waals surface area contributed by atoms with Gasteiger partial charge in [0.15, 0.2) is 0 Å². The molecule has 0 spiro atoms. The lowest BCUT2D eigenvalue weighted by Crippen LogP contribution is -2.20. The van der Waals surface area contributed by atoms with Gasteiger partial charge >= 0.3 is 0 Å². The summed E-state index contributed by atoms with van der Waals surface area (Å²) in [7, 11) is 0. The van der Waals surface area contributed by atoms with E-state index in [4.69, 9.17) is 5.73 Å². The van der Waals surface area contributed by atoms with Crippen LogP contribution in [0.1, 0.15) is 25.0 Å². The van der Waals surface area contributed by atoms with E-state index >= 15 is 0 Å². The van der Waals surface area contributed by atoms with E-state index < -0.39 is 0 Å². The minimum atomic E-state index is -0.172. The van der Waals surface area contributed by atoms with Crippen LogP contribution in [0.5, 0.6) is 0 Å². The Morgan fingerprint density at radius 2 is 2.12 bits per heavy atom. The molecule has 1 aliphatic rings. The molecule has 90 valence electrons. The SMILES string of the molecule is NCc1cc2ccc(F)cc2n1CC1CCC1. The fourth-order valence-electron chi connectivity index (χ4n) is 2.60. The van der Waals surface area contributed by atoms with Crippen molar-refractivity contribution in [2.45, 2.75) is 32.4 Å². The molecule has 1 aliphatic carbocycles. The highest BCUT2D eigenvalue weighted by atomic mass is 19.1. The van der Waals surface area contributed by atoms with E-state index in [0.29, 0.717) is 6.54 Å². The van der Waals surface area contributed by atoms with E-state index in [1.165, 1.54) is 25.3 Å². The second kappa shape index (κ2) is 4.15. The normalized spacial score (nSPS) is 16.4. The summed E-state index contributed by atoms with van der Waals surface area (Å²) in [5, 5.41) is 1.09. The molecule has 1 heterocycles. The van der Waals surface area contributed by atoms with E-state index in [0.717, 1.165) is 29.1 Å². The summed E-state index contributed by atoms with van der Waals surface area (Å²) in [5.74, 6) is 0.577. The Balaban J connectivity index is 2.07. The molecule has 0 bridgehead atoms. The fourth-order valence-corrected chi connectivity index (χ4v) is 2.60. The lowest BCUT2D eigenvalue weighted by molar-refractivity contribution is 0.277. The molecular formula is C14H17FN2. The summed E-state index contributed by atoms with van der Waals surface area (Å²) in [6.45, 7) is 1.50. The Kier molecular flexibility index (Phi) is 2.63. The maximum absolute atomic E-state index is 13.3. The molecule has 1 saturated carbocycles. The second-order valence-corrected chi connectivity index (χ2v) is 4.95. The smallest absolute Gasteiger partial charge is 0.125 e. The third-order valence-corrected chi connectivity index (χ3v) is 3.83. The van der Waals surface area contributed by atoms with Crippen LogP contribution in [-0.4, -0.2) is 4.57 Å². The second-order valence-electron chi connectivity index (χ2n) is 4.95. The van der Waals surface area contributed by atoms with Crippen molar-refractivity contribution in [3.05, 3.63) is 35.8 Å². The first-order chi connectivity index (χ1) is 8.28. The van der Waals surface area contributed by atoms with Crippen LogP contribution in [0.15, 0.2) is 24.3 Å². The maximum atomic E-state index is 13.3. The molecule has 3 heteroatoms. The zero-order chi connectivity index (χ0) is 11.8. The highest BCUT2D eigenvalue weighted by Gasteiger charge is 2.20. The molecule has 3 rings (SSSR count). The van der Waals surface area contributed by atoms with E-state index in [-0.39, 0.29) is 5.82 Å². The van der Waals surface area contributed by atoms with Crippen LogP contribution >= 0.6 is 0 Å². The number of fused-ring (bicyclic) bond motifs is 1. The predicted molar refractivity (Wildman–Crippen MR) is 67.1 cm³/mol. The van der Waals surface area contributed by atoms with E-state index in [1.807, 2.05) is 6.07 Å². The van der Waals surface area contributed by atoms with Gasteiger partial charge in [0.05, 0.1) is 5.52 Å². The molecule has 0 aliphatic heterocycles. The number of hydrogen-bond donors (Lipinski definition) is 1. The van der Waals surface area contributed by atoms with Crippen molar-refractivity contribution in [2.75, 3.05) is 0 Å². The molecule has 0 radical (unpaired) electrons. The average Bonchev–Trinajstić information content (AvgIpc) is 2.61. The van der Waals surface area contributed by atoms with Crippen molar-refractivity contribution in [3.8, 4) is 0 Å². The van der Waals surface area contributed by atoms with Crippen molar-refractivity contribution < 1.29 is 4.39 Å². The first-order valence-electron chi connectivity index (χ1n) is 6.25. The molecule has 17 heavy (non-hydrogen) atoms. The van der Waals surface area contributed by atoms with Gasteiger partial charge in [0.1, 0.15) is 5.82 Å². The van der Waals surface area contributed by atoms with Crippen LogP contribution in [0.3, 0.4) is 0 Å². The van der Waals surface area contributed by atoms with Gasteiger partial charge < -0.3 is 10.3 Å². The highest BCUT2D eigenvalue weighted by molar-refractivity contribution is 5.81. The van der Waals surface area contributed by atoms with Gasteiger partial charge in [0, 0.05) is 24.2 Å². The van der Waals surface area contributed by atoms with Crippen molar-refractivity contribution >= 4 is 10.9 Å². The summed E-state index contributed by atoms with van der Waals surface area (Å²) in [5.41, 5.74) is 7.87. The van der Waals surface area contributed by atoms with E-state index in [1.54, 1.807) is 6.07 Å². The number of benzene rings is 1. The summed E-state index contributed by atoms with van der Waals surface area (Å²) in [6.07, 6.45) is 3.91. The van der Waals surface area contributed by atoms with Gasteiger partial charge in [0.25, 0.3) is 0 Å². The van der Waals surface area contributed by atoms with Crippen LogP contribution in [0.4, 0.5) is 4.39 Å². The molecule has 0 saturated heterocycles. The maximum Gasteiger partial charge on any atom is 0.125 e. The molecular weight excluding hydrogens is 215 g/mol. The van der Waals surface area contributed by atoms with Crippen LogP contribution in [-0.2, 0) is 13.1 Å². The zero-order valence-electron chi connectivity index (χ0n) is 9.82. The Morgan fingerprint density at radius 1 is 1.29 bits per heavy atom. The van der Waals surface area contributed by atoms with Gasteiger partial charge in [-0.3, -0.25) is 0 Å². The Hall–Kier alpha value is -1.35. The average molecular weight is 232 g/mol. The van der Waals surface area contributed by atoms with Gasteiger partial charge in [-0.25, -0.2) is 4.39 Å². The van der Waals surface area contributed by atoms with Gasteiger partial charge in [-0.05, 0) is 43.0 Å². The van der Waals surface area contributed by atoms with Gasteiger partial charge in [-0.1, -0.05) is 6.42 Å². The van der Waals surface area contributed by atoms with Gasteiger partial charge in [0.2, 0.25) is 0 Å². The molecule has 1 aromatic carbocycles. The van der Waals surface area contributed by atoms with Crippen LogP contribution in [0, 0.1) is 11.7 Å². The number of hydrogen-bond acceptors (Lipinski definition) is 1. The third-order valence-electron chi connectivity index (χ3n) is 3.83. The molecule has 2 nitrogen and oxygen atoms in total. The summed E-state index contributed by atoms with van der Waals surface area (Å²) >= 11 is 0. The lowest BCUT2D eigenvalue weighted by Gasteiger charge is -2.27. The van der Waals surface area contributed by atoms with Crippen LogP contribution in [0.25, 0.3) is 10.9 Å². The molecule has 2 aromatic rings. The number of aromatic nitrogens is 1. The topological polar surface area (TPSA) is 30.9 Å². The summed E-state index contributed by atoms with van der Waals surface area (Å²) in [4.78, 5) is 0. The Morgan fingerprint density at radius 3 is 2.76 bits per heavy atom. The van der Waals surface area contributed by atoms with E-state index in [2.05, 4.69) is 10.6 Å². The largest absolute Gasteiger partial charge is 0.343 e. The third kappa shape index (κ3) is 1.84. The number of nitrogens with zero attached hydrogens (tertiary/aromatic N) is 1. The van der Waals surface area contributed by atoms with Crippen LogP contribution in [0.2, 0.25) is 0 Å². The standard InChI is InChI=1S/C14H17FN2/c15-12-5-4-11-6-13(8-16)17(14(11)7-12)9-10-2-1-3-10/h4-7,10H,1-3,8-9,16H2. The monoisotopic (exact) mass is 232 g/mol. The molecule has 0 atom stereocenters. The highest BCUT2D eigenvalue weighted by Crippen LogP contribution is 2.30. The van der Waals surface area contributed by atoms with Gasteiger partial charge in [-0.2, -0.15) is 0 Å². The predicted octanol–water partition coefficient (Wildman–Crippen LogP) is 3.04. The first-order valence-corrected chi connectivity index (χ1v) is 6.25. The minimum absolute atomic E-state index is 0.172. The van der Waals surface area contributed by atoms with Gasteiger partial charge in [-0.15, -0.1) is 0 Å². The van der Waals surface area contributed by atoms with Crippen molar-refractivity contribution in [1.29, 1.82) is 0 Å². The first kappa shape index (κ1) is 10.8. The molecule has 0 amide bonds. The van der Waals surface area contributed by atoms with E-state index in [9.17, 15) is 4.39 Å².